The molecular weight excluding hydrogens is 430 g/mol. The van der Waals surface area contributed by atoms with E-state index in [1.165, 1.54) is 23.2 Å². The van der Waals surface area contributed by atoms with Gasteiger partial charge in [-0.3, -0.25) is 0 Å². The Bertz CT molecular complexity index is 1480. The fourth-order valence-electron chi connectivity index (χ4n) is 3.92. The lowest BCUT2D eigenvalue weighted by Crippen LogP contribution is -2.16. The number of ether oxygens (including phenoxy) is 1. The van der Waals surface area contributed by atoms with E-state index in [1.54, 1.807) is 35.6 Å². The highest BCUT2D eigenvalue weighted by Crippen LogP contribution is 2.42. The Balaban J connectivity index is 1.81. The van der Waals surface area contributed by atoms with E-state index >= 15 is 0 Å². The summed E-state index contributed by atoms with van der Waals surface area (Å²) in [5, 5.41) is 12.2. The number of aliphatic hydroxyl groups excluding tert-OH is 1. The summed E-state index contributed by atoms with van der Waals surface area (Å²) in [4.78, 5) is 1.05. The fourth-order valence-corrected chi connectivity index (χ4v) is 6.61. The topological polar surface area (TPSA) is 68.5 Å². The number of fused-ring (bicyclic) bond motifs is 2. The summed E-state index contributed by atoms with van der Waals surface area (Å²) in [6.07, 6.45) is 0. The van der Waals surface area contributed by atoms with E-state index in [4.69, 9.17) is 4.74 Å². The Morgan fingerprint density at radius 1 is 0.968 bits per heavy atom. The maximum absolute atomic E-state index is 13.7. The zero-order valence-electron chi connectivity index (χ0n) is 16.6. The summed E-state index contributed by atoms with van der Waals surface area (Å²) in [7, 11) is -2.41. The average Bonchev–Trinajstić information content (AvgIpc) is 3.37. The Hall–Kier alpha value is -3.13. The highest BCUT2D eigenvalue weighted by molar-refractivity contribution is 7.90. The second kappa shape index (κ2) is 7.53. The number of aliphatic hydroxyl groups is 1. The molecule has 156 valence electrons. The maximum atomic E-state index is 13.7. The zero-order chi connectivity index (χ0) is 21.6. The number of rotatable bonds is 5. The minimum Gasteiger partial charge on any atom is -0.497 e. The average molecular weight is 450 g/mol. The molecule has 5 aromatic rings. The van der Waals surface area contributed by atoms with Gasteiger partial charge in [-0.15, -0.1) is 11.3 Å². The minimum absolute atomic E-state index is 0.131. The van der Waals surface area contributed by atoms with Gasteiger partial charge in [0.05, 0.1) is 29.8 Å². The van der Waals surface area contributed by atoms with Gasteiger partial charge >= 0.3 is 0 Å². The van der Waals surface area contributed by atoms with Crippen LogP contribution in [0.4, 0.5) is 0 Å². The number of hydrogen-bond acceptors (Lipinski definition) is 5. The van der Waals surface area contributed by atoms with E-state index in [0.29, 0.717) is 17.0 Å². The first-order valence-corrected chi connectivity index (χ1v) is 11.9. The summed E-state index contributed by atoms with van der Waals surface area (Å²) in [6.45, 7) is -0.409. The molecule has 0 aliphatic carbocycles. The molecule has 5 nitrogen and oxygen atoms in total. The molecule has 0 atom stereocenters. The van der Waals surface area contributed by atoms with Gasteiger partial charge in [0, 0.05) is 20.5 Å². The lowest BCUT2D eigenvalue weighted by atomic mass is 10.1. The monoisotopic (exact) mass is 449 g/mol. The van der Waals surface area contributed by atoms with Crippen molar-refractivity contribution in [1.29, 1.82) is 0 Å². The summed E-state index contributed by atoms with van der Waals surface area (Å²) >= 11 is 1.58. The molecule has 0 saturated carbocycles. The van der Waals surface area contributed by atoms with E-state index in [0.717, 1.165) is 25.9 Å². The van der Waals surface area contributed by atoms with Gasteiger partial charge < -0.3 is 9.84 Å². The molecule has 0 aliphatic heterocycles. The van der Waals surface area contributed by atoms with Crippen LogP contribution in [0.3, 0.4) is 0 Å². The van der Waals surface area contributed by atoms with Crippen molar-refractivity contribution in [2.24, 2.45) is 0 Å². The molecule has 1 N–H and O–H groups in total. The standard InChI is InChI=1S/C24H19NO4S2/c1-29-17-10-12-18(13-11-17)31(27,28)25-20-8-4-3-7-19(20)24(21(25)15-26)23-14-16-6-2-5-9-22(16)30-23/h2-14,26H,15H2,1H3. The van der Waals surface area contributed by atoms with Crippen molar-refractivity contribution < 1.29 is 18.3 Å². The fraction of sp³-hybridized carbons (Fsp3) is 0.0833. The number of hydrogen-bond donors (Lipinski definition) is 1. The predicted molar refractivity (Wildman–Crippen MR) is 124 cm³/mol. The molecule has 0 unspecified atom stereocenters. The van der Waals surface area contributed by atoms with Crippen molar-refractivity contribution in [3.05, 3.63) is 84.6 Å². The van der Waals surface area contributed by atoms with Crippen LogP contribution < -0.4 is 4.74 Å². The van der Waals surface area contributed by atoms with Crippen LogP contribution in [-0.4, -0.2) is 24.6 Å². The molecule has 0 saturated heterocycles. The van der Waals surface area contributed by atoms with Crippen LogP contribution in [0.2, 0.25) is 0 Å². The molecule has 0 amide bonds. The molecule has 2 heterocycles. The van der Waals surface area contributed by atoms with Gasteiger partial charge in [0.25, 0.3) is 10.0 Å². The summed E-state index contributed by atoms with van der Waals surface area (Å²) in [5.74, 6) is 0.574. The minimum atomic E-state index is -3.94. The number of nitrogens with zero attached hydrogens (tertiary/aromatic N) is 1. The molecule has 0 bridgehead atoms. The largest absolute Gasteiger partial charge is 0.497 e. The van der Waals surface area contributed by atoms with Gasteiger partial charge in [-0.2, -0.15) is 0 Å². The Morgan fingerprint density at radius 2 is 1.68 bits per heavy atom. The van der Waals surface area contributed by atoms with Crippen LogP contribution in [0.15, 0.2) is 83.8 Å². The lowest BCUT2D eigenvalue weighted by Gasteiger charge is -2.12. The predicted octanol–water partition coefficient (Wildman–Crippen LogP) is 5.26. The van der Waals surface area contributed by atoms with Crippen molar-refractivity contribution in [2.45, 2.75) is 11.5 Å². The SMILES string of the molecule is COc1ccc(S(=O)(=O)n2c(CO)c(-c3cc4ccccc4s3)c3ccccc32)cc1. The number of aromatic nitrogens is 1. The molecule has 3 aromatic carbocycles. The van der Waals surface area contributed by atoms with Crippen molar-refractivity contribution in [2.75, 3.05) is 7.11 Å². The van der Waals surface area contributed by atoms with Crippen LogP contribution >= 0.6 is 11.3 Å². The van der Waals surface area contributed by atoms with E-state index in [2.05, 4.69) is 0 Å². The molecule has 0 spiro atoms. The second-order valence-electron chi connectivity index (χ2n) is 7.09. The van der Waals surface area contributed by atoms with Crippen molar-refractivity contribution in [1.82, 2.24) is 3.97 Å². The molecule has 2 aromatic heterocycles. The first-order chi connectivity index (χ1) is 15.0. The highest BCUT2D eigenvalue weighted by atomic mass is 32.2. The van der Waals surface area contributed by atoms with Crippen LogP contribution in [0.1, 0.15) is 5.69 Å². The molecule has 31 heavy (non-hydrogen) atoms. The first-order valence-electron chi connectivity index (χ1n) is 9.66. The third-order valence-corrected chi connectivity index (χ3v) is 8.24. The van der Waals surface area contributed by atoms with E-state index in [-0.39, 0.29) is 4.90 Å². The number of para-hydroxylation sites is 1. The summed E-state index contributed by atoms with van der Waals surface area (Å²) < 4.78 is 34.8. The first kappa shape index (κ1) is 19.8. The van der Waals surface area contributed by atoms with Gasteiger partial charge in [0.15, 0.2) is 0 Å². The van der Waals surface area contributed by atoms with Gasteiger partial charge in [-0.05, 0) is 47.9 Å². The number of benzene rings is 3. The second-order valence-corrected chi connectivity index (χ2v) is 9.96. The molecule has 0 fully saturated rings. The van der Waals surface area contributed by atoms with Gasteiger partial charge in [-0.1, -0.05) is 36.4 Å². The lowest BCUT2D eigenvalue weighted by molar-refractivity contribution is 0.276. The van der Waals surface area contributed by atoms with Crippen molar-refractivity contribution in [3.8, 4) is 16.2 Å². The van der Waals surface area contributed by atoms with E-state index in [1.807, 2.05) is 42.5 Å². The third-order valence-electron chi connectivity index (χ3n) is 5.35. The third kappa shape index (κ3) is 3.13. The normalized spacial score (nSPS) is 11.9. The van der Waals surface area contributed by atoms with Crippen molar-refractivity contribution >= 4 is 42.3 Å². The number of methoxy groups -OCH3 is 1. The Morgan fingerprint density at radius 3 is 2.39 bits per heavy atom. The van der Waals surface area contributed by atoms with Gasteiger partial charge in [0.1, 0.15) is 5.75 Å². The molecule has 0 aliphatic rings. The van der Waals surface area contributed by atoms with Crippen LogP contribution in [0.25, 0.3) is 31.4 Å². The van der Waals surface area contributed by atoms with Crippen LogP contribution in [-0.2, 0) is 16.6 Å². The quantitative estimate of drug-likeness (QED) is 0.397. The highest BCUT2D eigenvalue weighted by Gasteiger charge is 2.27. The zero-order valence-corrected chi connectivity index (χ0v) is 18.3. The number of thiophene rings is 1. The van der Waals surface area contributed by atoms with Crippen LogP contribution in [0.5, 0.6) is 5.75 Å². The molecule has 5 rings (SSSR count). The smallest absolute Gasteiger partial charge is 0.268 e. The summed E-state index contributed by atoms with van der Waals surface area (Å²) in [6, 6.07) is 23.7. The van der Waals surface area contributed by atoms with Crippen molar-refractivity contribution in [3.63, 3.8) is 0 Å². The van der Waals surface area contributed by atoms with Gasteiger partial charge in [0.2, 0.25) is 0 Å². The maximum Gasteiger partial charge on any atom is 0.268 e. The Kier molecular flexibility index (Phi) is 4.81. The Labute approximate surface area is 183 Å². The molecule has 7 heteroatoms. The summed E-state index contributed by atoms with van der Waals surface area (Å²) in [5.41, 5.74) is 1.63. The van der Waals surface area contributed by atoms with E-state index < -0.39 is 16.6 Å². The van der Waals surface area contributed by atoms with E-state index in [9.17, 15) is 13.5 Å². The molecular formula is C24H19NO4S2. The van der Waals surface area contributed by atoms with Gasteiger partial charge in [-0.25, -0.2) is 12.4 Å². The molecule has 0 radical (unpaired) electrons. The van der Waals surface area contributed by atoms with Crippen LogP contribution in [0, 0.1) is 0 Å².